The maximum Gasteiger partial charge on any atom is 0.458 e. The minimum Gasteiger partial charge on any atom is -0.399 e. The van der Waals surface area contributed by atoms with Crippen LogP contribution in [0.3, 0.4) is 0 Å². The van der Waals surface area contributed by atoms with Crippen molar-refractivity contribution in [3.05, 3.63) is 58.7 Å². The molecule has 2 nitrogen and oxygen atoms in total. The Hall–Kier alpha value is -3.08. The van der Waals surface area contributed by atoms with Crippen molar-refractivity contribution in [2.24, 2.45) is 0 Å². The third-order valence-electron chi connectivity index (χ3n) is 5.06. The second kappa shape index (κ2) is 8.47. The smallest absolute Gasteiger partial charge is 0.399 e. The van der Waals surface area contributed by atoms with Gasteiger partial charge in [-0.2, -0.15) is 70.2 Å². The predicted octanol–water partition coefficient (Wildman–Crippen LogP) is 7.57. The highest BCUT2D eigenvalue weighted by Gasteiger charge is 2.73. The van der Waals surface area contributed by atoms with Gasteiger partial charge in [0.05, 0.1) is 0 Å². The first-order valence-electron chi connectivity index (χ1n) is 9.07. The summed E-state index contributed by atoms with van der Waals surface area (Å²) in [7, 11) is 0. The van der Waals surface area contributed by atoms with E-state index in [-0.39, 0.29) is 24.3 Å². The monoisotopic (exact) mass is 570 g/mol. The van der Waals surface area contributed by atoms with Crippen molar-refractivity contribution in [1.82, 2.24) is 0 Å². The van der Waals surface area contributed by atoms with Crippen LogP contribution in [0.1, 0.15) is 22.3 Å². The van der Waals surface area contributed by atoms with Crippen molar-refractivity contribution in [3.8, 4) is 0 Å². The quantitative estimate of drug-likeness (QED) is 0.295. The van der Waals surface area contributed by atoms with Crippen LogP contribution >= 0.6 is 0 Å². The fourth-order valence-electron chi connectivity index (χ4n) is 3.41. The second-order valence-electron chi connectivity index (χ2n) is 7.58. The third-order valence-corrected chi connectivity index (χ3v) is 5.06. The molecule has 0 aliphatic rings. The lowest BCUT2D eigenvalue weighted by atomic mass is 9.71. The molecule has 0 bridgehead atoms. The van der Waals surface area contributed by atoms with Crippen LogP contribution in [0.4, 0.5) is 81.6 Å². The van der Waals surface area contributed by atoms with Crippen LogP contribution in [0.2, 0.25) is 0 Å². The molecule has 0 aliphatic heterocycles. The van der Waals surface area contributed by atoms with E-state index in [1.807, 2.05) is 0 Å². The largest absolute Gasteiger partial charge is 0.458 e. The Morgan fingerprint density at radius 1 is 0.351 bits per heavy atom. The van der Waals surface area contributed by atoms with Crippen LogP contribution in [0.25, 0.3) is 0 Å². The van der Waals surface area contributed by atoms with Crippen molar-refractivity contribution in [3.63, 3.8) is 0 Å². The molecule has 18 heteroatoms. The van der Waals surface area contributed by atoms with Gasteiger partial charge in [-0.15, -0.1) is 0 Å². The summed E-state index contributed by atoms with van der Waals surface area (Å²) >= 11 is 0. The Labute approximate surface area is 194 Å². The average molecular weight is 570 g/mol. The van der Waals surface area contributed by atoms with Gasteiger partial charge in [-0.3, -0.25) is 0 Å². The van der Waals surface area contributed by atoms with E-state index < -0.39 is 87.7 Å². The zero-order valence-electron chi connectivity index (χ0n) is 17.2. The van der Waals surface area contributed by atoms with Crippen molar-refractivity contribution >= 4 is 11.4 Å². The predicted molar refractivity (Wildman–Crippen MR) is 94.5 cm³/mol. The standard InChI is InChI=1S/C19H10F16N2/c20-14(21,18(30,31)32)9-1-7(3-11(36)5-9)13(16(24,25)26,17(27,28)29)8-2-10(6-12(37)4-8)15(22,23)19(33,34)35/h1-6H,36-37H2. The third kappa shape index (κ3) is 4.81. The van der Waals surface area contributed by atoms with Crippen LogP contribution in [0.5, 0.6) is 0 Å². The SMILES string of the molecule is Nc1cc(C(F)(F)C(F)(F)F)cc(C(c2cc(N)cc(C(F)(F)C(F)(F)F)c2)(C(F)(F)F)C(F)(F)F)c1. The van der Waals surface area contributed by atoms with E-state index >= 15 is 0 Å². The molecule has 0 saturated carbocycles. The lowest BCUT2D eigenvalue weighted by molar-refractivity contribution is -0.292. The van der Waals surface area contributed by atoms with E-state index in [1.165, 1.54) is 0 Å². The van der Waals surface area contributed by atoms with E-state index in [1.54, 1.807) is 0 Å². The lowest BCUT2D eigenvalue weighted by Gasteiger charge is -2.39. The maximum atomic E-state index is 14.2. The first-order valence-corrected chi connectivity index (χ1v) is 9.07. The number of hydrogen-bond donors (Lipinski definition) is 2. The summed E-state index contributed by atoms with van der Waals surface area (Å²) in [6.07, 6.45) is -26.7. The minimum absolute atomic E-state index is 0.295. The summed E-state index contributed by atoms with van der Waals surface area (Å²) in [4.78, 5) is 0. The molecule has 0 aromatic heterocycles. The molecule has 0 unspecified atom stereocenters. The van der Waals surface area contributed by atoms with Crippen molar-refractivity contribution in [1.29, 1.82) is 0 Å². The summed E-state index contributed by atoms with van der Waals surface area (Å²) in [5, 5.41) is 0. The van der Waals surface area contributed by atoms with Gasteiger partial charge in [0.2, 0.25) is 5.41 Å². The van der Waals surface area contributed by atoms with Gasteiger partial charge in [0.15, 0.2) is 0 Å². The van der Waals surface area contributed by atoms with Crippen LogP contribution in [0.15, 0.2) is 36.4 Å². The number of alkyl halides is 16. The van der Waals surface area contributed by atoms with Crippen LogP contribution in [-0.2, 0) is 17.3 Å². The zero-order valence-corrected chi connectivity index (χ0v) is 17.2. The van der Waals surface area contributed by atoms with E-state index in [0.29, 0.717) is 0 Å². The Bertz CT molecular complexity index is 1060. The second-order valence-corrected chi connectivity index (χ2v) is 7.58. The minimum atomic E-state index is -6.80. The number of nitrogen functional groups attached to an aromatic ring is 2. The number of hydrogen-bond acceptors (Lipinski definition) is 2. The molecule has 2 aromatic rings. The molecular formula is C19H10F16N2. The molecule has 0 spiro atoms. The summed E-state index contributed by atoms with van der Waals surface area (Å²) in [6, 6.07) is -3.01. The fourth-order valence-corrected chi connectivity index (χ4v) is 3.41. The van der Waals surface area contributed by atoms with Crippen molar-refractivity contribution in [2.75, 3.05) is 11.5 Å². The summed E-state index contributed by atoms with van der Waals surface area (Å²) in [6.45, 7) is 0. The molecule has 0 saturated heterocycles. The topological polar surface area (TPSA) is 52.0 Å². The first-order chi connectivity index (χ1) is 16.2. The summed E-state index contributed by atoms with van der Waals surface area (Å²) < 4.78 is 217. The Morgan fingerprint density at radius 2 is 0.595 bits per heavy atom. The van der Waals surface area contributed by atoms with Gasteiger partial charge in [-0.05, 0) is 47.5 Å². The molecule has 0 fully saturated rings. The van der Waals surface area contributed by atoms with Gasteiger partial charge in [0.1, 0.15) is 0 Å². The van der Waals surface area contributed by atoms with Crippen LogP contribution in [0, 0.1) is 0 Å². The highest BCUT2D eigenvalue weighted by atomic mass is 19.4. The summed E-state index contributed by atoms with van der Waals surface area (Å²) in [5.41, 5.74) is -8.67. The van der Waals surface area contributed by atoms with Crippen molar-refractivity contribution < 1.29 is 70.2 Å². The van der Waals surface area contributed by atoms with E-state index in [0.717, 1.165) is 0 Å². The fraction of sp³-hybridized carbons (Fsp3) is 0.368. The Morgan fingerprint density at radius 3 is 0.811 bits per heavy atom. The molecule has 0 heterocycles. The number of rotatable bonds is 4. The molecule has 2 rings (SSSR count). The van der Waals surface area contributed by atoms with E-state index in [9.17, 15) is 70.2 Å². The summed E-state index contributed by atoms with van der Waals surface area (Å²) in [5.74, 6) is -12.1. The van der Waals surface area contributed by atoms with E-state index in [4.69, 9.17) is 11.5 Å². The molecular weight excluding hydrogens is 560 g/mol. The zero-order chi connectivity index (χ0) is 29.2. The molecule has 0 atom stereocenters. The molecule has 37 heavy (non-hydrogen) atoms. The maximum absolute atomic E-state index is 14.2. The number of halogens is 16. The number of anilines is 2. The van der Waals surface area contributed by atoms with Crippen LogP contribution < -0.4 is 11.5 Å². The highest BCUT2D eigenvalue weighted by Crippen LogP contribution is 2.58. The molecule has 4 N–H and O–H groups in total. The Balaban J connectivity index is 3.14. The van der Waals surface area contributed by atoms with Gasteiger partial charge in [0, 0.05) is 22.5 Å². The average Bonchev–Trinajstić information content (AvgIpc) is 2.63. The highest BCUT2D eigenvalue weighted by molar-refractivity contribution is 5.57. The molecule has 0 radical (unpaired) electrons. The normalized spacial score (nSPS) is 14.7. The van der Waals surface area contributed by atoms with Gasteiger partial charge >= 0.3 is 36.6 Å². The van der Waals surface area contributed by atoms with E-state index in [2.05, 4.69) is 0 Å². The molecule has 0 aliphatic carbocycles. The lowest BCUT2D eigenvalue weighted by Crippen LogP contribution is -2.55. The van der Waals surface area contributed by atoms with Crippen LogP contribution in [-0.4, -0.2) is 24.7 Å². The van der Waals surface area contributed by atoms with Gasteiger partial charge in [-0.1, -0.05) is 0 Å². The number of benzene rings is 2. The number of nitrogens with two attached hydrogens (primary N) is 2. The van der Waals surface area contributed by atoms with Crippen molar-refractivity contribution in [2.45, 2.75) is 42.0 Å². The van der Waals surface area contributed by atoms with Gasteiger partial charge < -0.3 is 11.5 Å². The molecule has 2 aromatic carbocycles. The first kappa shape index (κ1) is 30.1. The van der Waals surface area contributed by atoms with Gasteiger partial charge in [-0.25, -0.2) is 0 Å². The molecule has 0 amide bonds. The Kier molecular flexibility index (Phi) is 6.90. The van der Waals surface area contributed by atoms with Gasteiger partial charge in [0.25, 0.3) is 0 Å². The molecule has 208 valence electrons.